The third-order valence-electron chi connectivity index (χ3n) is 3.66. The number of nitrogen functional groups attached to an aromatic ring is 1. The number of rotatable bonds is 7. The van der Waals surface area contributed by atoms with Gasteiger partial charge in [-0.15, -0.1) is 10.2 Å². The van der Waals surface area contributed by atoms with Crippen molar-refractivity contribution >= 4 is 34.1 Å². The number of nitrogens with zero attached hydrogens (tertiary/aromatic N) is 4. The molecule has 2 aromatic rings. The molecule has 0 aromatic carbocycles. The minimum absolute atomic E-state index is 0.0566. The Hall–Kier alpha value is -1.71. The van der Waals surface area contributed by atoms with Gasteiger partial charge >= 0.3 is 0 Å². The molecule has 1 fully saturated rings. The van der Waals surface area contributed by atoms with Gasteiger partial charge in [-0.2, -0.15) is 0 Å². The molecule has 0 spiro atoms. The van der Waals surface area contributed by atoms with E-state index in [1.54, 1.807) is 12.4 Å². The maximum Gasteiger partial charge on any atom is 0.233 e. The third-order valence-corrected chi connectivity index (χ3v) is 5.54. The second-order valence-electron chi connectivity index (χ2n) is 5.46. The number of carbonyl (C=O) groups excluding carboxylic acids is 1. The standard InChI is InChI=1S/C15H19N5O2S2/c16-14-18-19-15(24-14)23-10-13(21)20(9-12-2-1-7-22-12)8-11-3-5-17-6-4-11/h3-6,12H,1-2,7-10H2,(H2,16,18)/t12-/m0/s1. The average molecular weight is 365 g/mol. The maximum absolute atomic E-state index is 12.7. The molecule has 0 bridgehead atoms. The van der Waals surface area contributed by atoms with Crippen molar-refractivity contribution in [1.82, 2.24) is 20.1 Å². The van der Waals surface area contributed by atoms with E-state index in [2.05, 4.69) is 15.2 Å². The van der Waals surface area contributed by atoms with Crippen molar-refractivity contribution in [1.29, 1.82) is 0 Å². The lowest BCUT2D eigenvalue weighted by Crippen LogP contribution is -2.38. The fourth-order valence-electron chi connectivity index (χ4n) is 2.49. The molecule has 0 radical (unpaired) electrons. The average Bonchev–Trinajstić information content (AvgIpc) is 3.24. The van der Waals surface area contributed by atoms with E-state index in [4.69, 9.17) is 10.5 Å². The molecule has 3 heterocycles. The van der Waals surface area contributed by atoms with Crippen LogP contribution in [0.2, 0.25) is 0 Å². The molecule has 24 heavy (non-hydrogen) atoms. The predicted octanol–water partition coefficient (Wildman–Crippen LogP) is 1.82. The summed E-state index contributed by atoms with van der Waals surface area (Å²) in [6, 6.07) is 3.85. The highest BCUT2D eigenvalue weighted by molar-refractivity contribution is 8.01. The molecule has 0 saturated carbocycles. The van der Waals surface area contributed by atoms with Gasteiger partial charge in [0.05, 0.1) is 11.9 Å². The van der Waals surface area contributed by atoms with Crippen molar-refractivity contribution in [3.05, 3.63) is 30.1 Å². The van der Waals surface area contributed by atoms with E-state index in [0.717, 1.165) is 25.0 Å². The molecule has 7 nitrogen and oxygen atoms in total. The summed E-state index contributed by atoms with van der Waals surface area (Å²) in [6.07, 6.45) is 5.66. The van der Waals surface area contributed by atoms with E-state index in [1.807, 2.05) is 17.0 Å². The number of pyridine rings is 1. The molecule has 2 aromatic heterocycles. The number of amides is 1. The van der Waals surface area contributed by atoms with Crippen LogP contribution in [0.1, 0.15) is 18.4 Å². The van der Waals surface area contributed by atoms with Crippen LogP contribution in [0.25, 0.3) is 0 Å². The molecule has 1 atom stereocenters. The summed E-state index contributed by atoms with van der Waals surface area (Å²) in [4.78, 5) is 18.5. The minimum atomic E-state index is 0.0566. The minimum Gasteiger partial charge on any atom is -0.376 e. The van der Waals surface area contributed by atoms with Crippen LogP contribution >= 0.6 is 23.1 Å². The van der Waals surface area contributed by atoms with Gasteiger partial charge in [0.1, 0.15) is 0 Å². The number of ether oxygens (including phenoxy) is 1. The van der Waals surface area contributed by atoms with Crippen LogP contribution in [-0.4, -0.2) is 51.0 Å². The van der Waals surface area contributed by atoms with Crippen LogP contribution in [0.15, 0.2) is 28.9 Å². The van der Waals surface area contributed by atoms with Crippen LogP contribution in [0, 0.1) is 0 Å². The summed E-state index contributed by atoms with van der Waals surface area (Å²) >= 11 is 2.66. The lowest BCUT2D eigenvalue weighted by Gasteiger charge is -2.25. The van der Waals surface area contributed by atoms with Gasteiger partial charge in [0.25, 0.3) is 0 Å². The van der Waals surface area contributed by atoms with Crippen molar-refractivity contribution in [2.75, 3.05) is 24.6 Å². The highest BCUT2D eigenvalue weighted by atomic mass is 32.2. The smallest absolute Gasteiger partial charge is 0.233 e. The Bertz CT molecular complexity index is 661. The van der Waals surface area contributed by atoms with Gasteiger partial charge in [-0.25, -0.2) is 0 Å². The highest BCUT2D eigenvalue weighted by Crippen LogP contribution is 2.24. The predicted molar refractivity (Wildman–Crippen MR) is 93.7 cm³/mol. The van der Waals surface area contributed by atoms with E-state index >= 15 is 0 Å². The Morgan fingerprint density at radius 1 is 1.42 bits per heavy atom. The van der Waals surface area contributed by atoms with Gasteiger partial charge in [-0.3, -0.25) is 9.78 Å². The van der Waals surface area contributed by atoms with E-state index in [0.29, 0.717) is 28.3 Å². The van der Waals surface area contributed by atoms with Gasteiger partial charge in [-0.05, 0) is 30.5 Å². The van der Waals surface area contributed by atoms with Crippen molar-refractivity contribution < 1.29 is 9.53 Å². The molecule has 128 valence electrons. The summed E-state index contributed by atoms with van der Waals surface area (Å²) in [5, 5.41) is 8.12. The zero-order valence-corrected chi connectivity index (χ0v) is 14.8. The Balaban J connectivity index is 1.61. The number of hydrogen-bond donors (Lipinski definition) is 1. The summed E-state index contributed by atoms with van der Waals surface area (Å²) < 4.78 is 6.40. The van der Waals surface area contributed by atoms with Crippen molar-refractivity contribution in [3.63, 3.8) is 0 Å². The number of aromatic nitrogens is 3. The summed E-state index contributed by atoms with van der Waals surface area (Å²) in [5.41, 5.74) is 6.63. The van der Waals surface area contributed by atoms with Crippen molar-refractivity contribution in [2.45, 2.75) is 29.8 Å². The molecule has 1 aliphatic rings. The van der Waals surface area contributed by atoms with Gasteiger partial charge in [0.2, 0.25) is 11.0 Å². The Morgan fingerprint density at radius 2 is 2.25 bits per heavy atom. The zero-order chi connectivity index (χ0) is 16.8. The molecule has 1 amide bonds. The third kappa shape index (κ3) is 4.89. The van der Waals surface area contributed by atoms with E-state index in [-0.39, 0.29) is 12.0 Å². The number of thioether (sulfide) groups is 1. The molecular formula is C15H19N5O2S2. The van der Waals surface area contributed by atoms with E-state index in [9.17, 15) is 4.79 Å². The van der Waals surface area contributed by atoms with E-state index < -0.39 is 0 Å². The van der Waals surface area contributed by atoms with Gasteiger partial charge in [0, 0.05) is 32.1 Å². The molecule has 9 heteroatoms. The topological polar surface area (TPSA) is 94.2 Å². The fraction of sp³-hybridized carbons (Fsp3) is 0.467. The van der Waals surface area contributed by atoms with E-state index in [1.165, 1.54) is 23.1 Å². The zero-order valence-electron chi connectivity index (χ0n) is 13.1. The summed E-state index contributed by atoms with van der Waals surface area (Å²) in [5.74, 6) is 0.369. The summed E-state index contributed by atoms with van der Waals surface area (Å²) in [6.45, 7) is 1.95. The number of hydrogen-bond acceptors (Lipinski definition) is 8. The quantitative estimate of drug-likeness (QED) is 0.748. The monoisotopic (exact) mass is 365 g/mol. The number of carbonyl (C=O) groups is 1. The molecule has 1 aliphatic heterocycles. The summed E-state index contributed by atoms with van der Waals surface area (Å²) in [7, 11) is 0. The van der Waals surface area contributed by atoms with Gasteiger partial charge in [0.15, 0.2) is 4.34 Å². The van der Waals surface area contributed by atoms with Crippen LogP contribution in [-0.2, 0) is 16.1 Å². The first kappa shape index (κ1) is 17.1. The second kappa shape index (κ2) is 8.41. The molecule has 2 N–H and O–H groups in total. The molecule has 3 rings (SSSR count). The Morgan fingerprint density at radius 3 is 2.92 bits per heavy atom. The Labute approximate surface area is 148 Å². The largest absolute Gasteiger partial charge is 0.376 e. The van der Waals surface area contributed by atoms with Crippen LogP contribution in [0.5, 0.6) is 0 Å². The first-order valence-electron chi connectivity index (χ1n) is 7.71. The van der Waals surface area contributed by atoms with Crippen LogP contribution in [0.3, 0.4) is 0 Å². The van der Waals surface area contributed by atoms with Gasteiger partial charge in [-0.1, -0.05) is 23.1 Å². The number of nitrogens with two attached hydrogens (primary N) is 1. The molecule has 0 aliphatic carbocycles. The number of anilines is 1. The SMILES string of the molecule is Nc1nnc(SCC(=O)N(Cc2ccncc2)C[C@@H]2CCCO2)s1. The normalized spacial score (nSPS) is 17.1. The molecule has 0 unspecified atom stereocenters. The fourth-order valence-corrected chi connectivity index (χ4v) is 4.03. The lowest BCUT2D eigenvalue weighted by atomic mass is 10.2. The highest BCUT2D eigenvalue weighted by Gasteiger charge is 2.23. The van der Waals surface area contributed by atoms with Crippen LogP contribution < -0.4 is 5.73 Å². The van der Waals surface area contributed by atoms with Crippen LogP contribution in [0.4, 0.5) is 5.13 Å². The second-order valence-corrected chi connectivity index (χ2v) is 7.69. The molecular weight excluding hydrogens is 346 g/mol. The van der Waals surface area contributed by atoms with Crippen molar-refractivity contribution in [2.24, 2.45) is 0 Å². The van der Waals surface area contributed by atoms with Crippen molar-refractivity contribution in [3.8, 4) is 0 Å². The first-order chi connectivity index (χ1) is 11.7. The van der Waals surface area contributed by atoms with Gasteiger partial charge < -0.3 is 15.4 Å². The maximum atomic E-state index is 12.7. The molecule has 1 saturated heterocycles. The lowest BCUT2D eigenvalue weighted by molar-refractivity contribution is -0.130. The first-order valence-corrected chi connectivity index (χ1v) is 9.51. The Kier molecular flexibility index (Phi) is 6.00.